The average molecular weight is 256 g/mol. The van der Waals surface area contributed by atoms with Gasteiger partial charge in [0.25, 0.3) is 5.91 Å². The van der Waals surface area contributed by atoms with Crippen molar-refractivity contribution < 1.29 is 9.21 Å². The van der Waals surface area contributed by atoms with Gasteiger partial charge in [-0.2, -0.15) is 0 Å². The molecular formula is C13H12N4O2. The van der Waals surface area contributed by atoms with E-state index < -0.39 is 0 Å². The second-order valence-corrected chi connectivity index (χ2v) is 4.14. The fourth-order valence-corrected chi connectivity index (χ4v) is 1.97. The van der Waals surface area contributed by atoms with Gasteiger partial charge in [0.2, 0.25) is 0 Å². The summed E-state index contributed by atoms with van der Waals surface area (Å²) >= 11 is 0. The minimum absolute atomic E-state index is 0.370. The summed E-state index contributed by atoms with van der Waals surface area (Å²) in [5, 5.41) is 0. The lowest BCUT2D eigenvalue weighted by Gasteiger charge is -2.00. The Balaban J connectivity index is 1.89. The molecule has 0 aliphatic heterocycles. The van der Waals surface area contributed by atoms with Crippen molar-refractivity contribution in [2.75, 3.05) is 0 Å². The molecule has 6 nitrogen and oxygen atoms in total. The number of nitrogens with two attached hydrogens (primary N) is 1. The van der Waals surface area contributed by atoms with Crippen LogP contribution in [0, 0.1) is 0 Å². The Morgan fingerprint density at radius 2 is 2.26 bits per heavy atom. The number of carbonyl (C=O) groups excluding carboxylic acids is 1. The summed E-state index contributed by atoms with van der Waals surface area (Å²) in [5.74, 6) is 5.37. The SMILES string of the molecule is NNC(=O)c1coc(Cn2cnc3ccccc32)c1. The number of furan rings is 1. The maximum absolute atomic E-state index is 11.3. The molecule has 3 N–H and O–H groups in total. The number of nitrogen functional groups attached to an aromatic ring is 1. The molecule has 0 spiro atoms. The van der Waals surface area contributed by atoms with Gasteiger partial charge in [-0.1, -0.05) is 12.1 Å². The minimum atomic E-state index is -0.370. The van der Waals surface area contributed by atoms with E-state index in [1.807, 2.05) is 28.8 Å². The molecule has 0 radical (unpaired) electrons. The highest BCUT2D eigenvalue weighted by Gasteiger charge is 2.10. The van der Waals surface area contributed by atoms with Crippen molar-refractivity contribution in [2.45, 2.75) is 6.54 Å². The number of fused-ring (bicyclic) bond motifs is 1. The van der Waals surface area contributed by atoms with Gasteiger partial charge in [-0.25, -0.2) is 10.8 Å². The van der Waals surface area contributed by atoms with E-state index >= 15 is 0 Å². The second kappa shape index (κ2) is 4.58. The first kappa shape index (κ1) is 11.5. The molecule has 0 aliphatic carbocycles. The number of aromatic nitrogens is 2. The zero-order valence-corrected chi connectivity index (χ0v) is 10.0. The summed E-state index contributed by atoms with van der Waals surface area (Å²) in [5.41, 5.74) is 4.41. The molecule has 0 atom stereocenters. The molecule has 2 heterocycles. The zero-order valence-electron chi connectivity index (χ0n) is 10.0. The number of para-hydroxylation sites is 2. The fourth-order valence-electron chi connectivity index (χ4n) is 1.97. The van der Waals surface area contributed by atoms with Crippen molar-refractivity contribution in [3.05, 3.63) is 54.2 Å². The van der Waals surface area contributed by atoms with Crippen molar-refractivity contribution in [3.63, 3.8) is 0 Å². The van der Waals surface area contributed by atoms with E-state index in [1.165, 1.54) is 6.26 Å². The van der Waals surface area contributed by atoms with E-state index in [2.05, 4.69) is 10.4 Å². The highest BCUT2D eigenvalue weighted by Crippen LogP contribution is 2.15. The fraction of sp³-hybridized carbons (Fsp3) is 0.0769. The Bertz CT molecular complexity index is 729. The van der Waals surface area contributed by atoms with Crippen LogP contribution in [0.25, 0.3) is 11.0 Å². The number of hydrogen-bond donors (Lipinski definition) is 2. The van der Waals surface area contributed by atoms with E-state index in [1.54, 1.807) is 12.4 Å². The van der Waals surface area contributed by atoms with Crippen LogP contribution in [0.2, 0.25) is 0 Å². The number of amides is 1. The summed E-state index contributed by atoms with van der Waals surface area (Å²) in [6, 6.07) is 9.49. The van der Waals surface area contributed by atoms with Crippen LogP contribution in [-0.2, 0) is 6.54 Å². The van der Waals surface area contributed by atoms with Crippen molar-refractivity contribution in [1.82, 2.24) is 15.0 Å². The standard InChI is InChI=1S/C13H12N4O2/c14-16-13(18)9-5-10(19-7-9)6-17-8-15-11-3-1-2-4-12(11)17/h1-5,7-8H,6,14H2,(H,16,18). The lowest BCUT2D eigenvalue weighted by molar-refractivity contribution is 0.0953. The third kappa shape index (κ3) is 2.09. The third-order valence-electron chi connectivity index (χ3n) is 2.90. The lowest BCUT2D eigenvalue weighted by Crippen LogP contribution is -2.29. The molecule has 19 heavy (non-hydrogen) atoms. The van der Waals surface area contributed by atoms with Gasteiger partial charge in [0.15, 0.2) is 0 Å². The predicted octanol–water partition coefficient (Wildman–Crippen LogP) is 1.28. The summed E-state index contributed by atoms with van der Waals surface area (Å²) < 4.78 is 7.30. The van der Waals surface area contributed by atoms with Gasteiger partial charge in [-0.15, -0.1) is 0 Å². The van der Waals surface area contributed by atoms with Crippen LogP contribution in [0.3, 0.4) is 0 Å². The molecule has 3 rings (SSSR count). The molecule has 6 heteroatoms. The Labute approximate surface area is 108 Å². The molecule has 0 unspecified atom stereocenters. The summed E-state index contributed by atoms with van der Waals surface area (Å²) in [6.45, 7) is 0.512. The van der Waals surface area contributed by atoms with E-state index in [4.69, 9.17) is 10.3 Å². The monoisotopic (exact) mass is 256 g/mol. The average Bonchev–Trinajstić information content (AvgIpc) is 3.06. The lowest BCUT2D eigenvalue weighted by atomic mass is 10.3. The summed E-state index contributed by atoms with van der Waals surface area (Å²) in [7, 11) is 0. The maximum atomic E-state index is 11.3. The molecule has 2 aromatic heterocycles. The van der Waals surface area contributed by atoms with E-state index in [9.17, 15) is 4.79 Å². The van der Waals surface area contributed by atoms with Gasteiger partial charge in [0.05, 0.1) is 29.5 Å². The molecule has 1 aromatic carbocycles. The van der Waals surface area contributed by atoms with Gasteiger partial charge in [-0.3, -0.25) is 10.2 Å². The van der Waals surface area contributed by atoms with E-state index in [0.717, 1.165) is 11.0 Å². The Hall–Kier alpha value is -2.60. The first-order valence-electron chi connectivity index (χ1n) is 5.76. The molecule has 96 valence electrons. The van der Waals surface area contributed by atoms with Gasteiger partial charge in [0.1, 0.15) is 12.0 Å². The molecular weight excluding hydrogens is 244 g/mol. The smallest absolute Gasteiger partial charge is 0.268 e. The number of nitrogens with zero attached hydrogens (tertiary/aromatic N) is 2. The van der Waals surface area contributed by atoms with Crippen molar-refractivity contribution >= 4 is 16.9 Å². The number of rotatable bonds is 3. The van der Waals surface area contributed by atoms with Gasteiger partial charge in [0, 0.05) is 0 Å². The molecule has 1 amide bonds. The number of hydrazine groups is 1. The van der Waals surface area contributed by atoms with Gasteiger partial charge < -0.3 is 8.98 Å². The highest BCUT2D eigenvalue weighted by molar-refractivity contribution is 5.93. The molecule has 0 saturated heterocycles. The molecule has 0 bridgehead atoms. The largest absolute Gasteiger partial charge is 0.467 e. The zero-order chi connectivity index (χ0) is 13.2. The van der Waals surface area contributed by atoms with E-state index in [-0.39, 0.29) is 5.91 Å². The number of imidazole rings is 1. The molecule has 0 fully saturated rings. The van der Waals surface area contributed by atoms with Crippen LogP contribution in [0.5, 0.6) is 0 Å². The minimum Gasteiger partial charge on any atom is -0.467 e. The summed E-state index contributed by atoms with van der Waals surface area (Å²) in [4.78, 5) is 15.6. The number of hydrogen-bond acceptors (Lipinski definition) is 4. The Kier molecular flexibility index (Phi) is 2.77. The van der Waals surface area contributed by atoms with Crippen LogP contribution in [0.1, 0.15) is 16.1 Å². The first-order chi connectivity index (χ1) is 9.28. The van der Waals surface area contributed by atoms with Crippen molar-refractivity contribution in [3.8, 4) is 0 Å². The van der Waals surface area contributed by atoms with Gasteiger partial charge >= 0.3 is 0 Å². The van der Waals surface area contributed by atoms with Crippen LogP contribution < -0.4 is 11.3 Å². The highest BCUT2D eigenvalue weighted by atomic mass is 16.3. The number of carbonyl (C=O) groups is 1. The molecule has 0 saturated carbocycles. The van der Waals surface area contributed by atoms with Crippen LogP contribution in [0.4, 0.5) is 0 Å². The number of nitrogens with one attached hydrogen (secondary N) is 1. The maximum Gasteiger partial charge on any atom is 0.268 e. The number of benzene rings is 1. The van der Waals surface area contributed by atoms with Crippen molar-refractivity contribution in [1.29, 1.82) is 0 Å². The second-order valence-electron chi connectivity index (χ2n) is 4.14. The van der Waals surface area contributed by atoms with Crippen molar-refractivity contribution in [2.24, 2.45) is 5.84 Å². The molecule has 3 aromatic rings. The van der Waals surface area contributed by atoms with Crippen LogP contribution in [-0.4, -0.2) is 15.5 Å². The predicted molar refractivity (Wildman–Crippen MR) is 69.2 cm³/mol. The molecule has 0 aliphatic rings. The Morgan fingerprint density at radius 1 is 1.42 bits per heavy atom. The normalized spacial score (nSPS) is 10.8. The van der Waals surface area contributed by atoms with Gasteiger partial charge in [-0.05, 0) is 18.2 Å². The first-order valence-corrected chi connectivity index (χ1v) is 5.76. The Morgan fingerprint density at radius 3 is 3.11 bits per heavy atom. The van der Waals surface area contributed by atoms with Crippen LogP contribution >= 0.6 is 0 Å². The quantitative estimate of drug-likeness (QED) is 0.420. The topological polar surface area (TPSA) is 86.1 Å². The van der Waals surface area contributed by atoms with E-state index in [0.29, 0.717) is 17.9 Å². The summed E-state index contributed by atoms with van der Waals surface area (Å²) in [6.07, 6.45) is 3.13. The third-order valence-corrected chi connectivity index (χ3v) is 2.90. The van der Waals surface area contributed by atoms with Crippen LogP contribution in [0.15, 0.2) is 47.3 Å².